The normalized spacial score (nSPS) is 14.6. The molecule has 0 N–H and O–H groups in total. The van der Waals surface area contributed by atoms with Crippen LogP contribution in [0.5, 0.6) is 5.75 Å². The third-order valence-electron chi connectivity index (χ3n) is 2.35. The summed E-state index contributed by atoms with van der Waals surface area (Å²) in [5.74, 6) is -15.8. The molecule has 138 valence electrons. The van der Waals surface area contributed by atoms with E-state index < -0.39 is 42.8 Å². The van der Waals surface area contributed by atoms with Gasteiger partial charge in [0.2, 0.25) is 0 Å². The van der Waals surface area contributed by atoms with Gasteiger partial charge in [-0.25, -0.2) is 4.98 Å². The maximum atomic E-state index is 13.4. The second-order valence-electron chi connectivity index (χ2n) is 3.99. The fourth-order valence-corrected chi connectivity index (χ4v) is 2.64. The van der Waals surface area contributed by atoms with Crippen LogP contribution >= 0.6 is 22.6 Å². The van der Waals surface area contributed by atoms with E-state index in [0.717, 1.165) is 12.3 Å². The molecule has 0 saturated heterocycles. The highest BCUT2D eigenvalue weighted by molar-refractivity contribution is 14.1. The van der Waals surface area contributed by atoms with E-state index in [1.807, 2.05) is 0 Å². The second-order valence-corrected chi connectivity index (χ2v) is 6.60. The van der Waals surface area contributed by atoms with Crippen LogP contribution in [0.3, 0.4) is 0 Å². The van der Waals surface area contributed by atoms with E-state index in [1.165, 1.54) is 22.6 Å². The van der Waals surface area contributed by atoms with Crippen LogP contribution in [0, 0.1) is 3.70 Å². The van der Waals surface area contributed by atoms with Crippen LogP contribution in [-0.4, -0.2) is 36.7 Å². The first-order chi connectivity index (χ1) is 10.5. The second kappa shape index (κ2) is 6.06. The largest absolute Gasteiger partial charge is 0.460 e. The van der Waals surface area contributed by atoms with E-state index in [0.29, 0.717) is 6.07 Å². The van der Waals surface area contributed by atoms with Crippen molar-refractivity contribution in [2.75, 3.05) is 0 Å². The Balaban J connectivity index is 3.38. The summed E-state index contributed by atoms with van der Waals surface area (Å²) in [4.78, 5) is 3.33. The molecule has 0 saturated carbocycles. The maximum absolute atomic E-state index is 13.4. The van der Waals surface area contributed by atoms with Gasteiger partial charge in [0, 0.05) is 6.20 Å². The van der Waals surface area contributed by atoms with Crippen molar-refractivity contribution in [3.8, 4) is 5.75 Å². The standard InChI is InChI=1S/C9H3F9INO3S/c10-6(11,8(14,15)16)7(12,13)9(17,18)24(21,22)23-4-2-1-3-20-5(4)19/h1-3H. The van der Waals surface area contributed by atoms with Gasteiger partial charge in [0.05, 0.1) is 0 Å². The van der Waals surface area contributed by atoms with Gasteiger partial charge in [0.15, 0.2) is 5.75 Å². The molecule has 0 radical (unpaired) electrons. The first-order valence-electron chi connectivity index (χ1n) is 5.24. The van der Waals surface area contributed by atoms with Crippen molar-refractivity contribution in [1.29, 1.82) is 0 Å². The van der Waals surface area contributed by atoms with Gasteiger partial charge in [-0.05, 0) is 34.7 Å². The van der Waals surface area contributed by atoms with Crippen LogP contribution in [0.4, 0.5) is 39.5 Å². The minimum Gasteiger partial charge on any atom is -0.375 e. The Labute approximate surface area is 141 Å². The van der Waals surface area contributed by atoms with Gasteiger partial charge in [-0.1, -0.05) is 0 Å². The highest BCUT2D eigenvalue weighted by Crippen LogP contribution is 2.54. The molecule has 1 rings (SSSR count). The minimum atomic E-state index is -7.35. The molecule has 0 amide bonds. The van der Waals surface area contributed by atoms with E-state index in [-0.39, 0.29) is 0 Å². The monoisotopic (exact) mass is 503 g/mol. The molecule has 1 heterocycles. The third kappa shape index (κ3) is 3.23. The average Bonchev–Trinajstić information content (AvgIpc) is 2.39. The van der Waals surface area contributed by atoms with Gasteiger partial charge in [0.1, 0.15) is 3.70 Å². The number of nitrogens with zero attached hydrogens (tertiary/aromatic N) is 1. The number of pyridine rings is 1. The molecule has 0 unspecified atom stereocenters. The first-order valence-corrected chi connectivity index (χ1v) is 7.72. The van der Waals surface area contributed by atoms with E-state index >= 15 is 0 Å². The lowest BCUT2D eigenvalue weighted by atomic mass is 10.1. The van der Waals surface area contributed by atoms with Crippen LogP contribution in [-0.2, 0) is 10.1 Å². The number of halogens is 10. The number of aromatic nitrogens is 1. The summed E-state index contributed by atoms with van der Waals surface area (Å²) in [6.07, 6.45) is -6.13. The molecule has 1 aromatic rings. The molecular formula is C9H3F9INO3S. The van der Waals surface area contributed by atoms with Crippen molar-refractivity contribution in [3.05, 3.63) is 22.0 Å². The Morgan fingerprint density at radius 2 is 1.46 bits per heavy atom. The zero-order chi connectivity index (χ0) is 19.2. The Bertz CT molecular complexity index is 719. The molecule has 0 aliphatic rings. The van der Waals surface area contributed by atoms with E-state index in [2.05, 4.69) is 9.17 Å². The van der Waals surface area contributed by atoms with Crippen molar-refractivity contribution in [1.82, 2.24) is 4.98 Å². The van der Waals surface area contributed by atoms with Crippen LogP contribution in [0.15, 0.2) is 18.3 Å². The molecule has 0 bridgehead atoms. The van der Waals surface area contributed by atoms with E-state index in [4.69, 9.17) is 0 Å². The summed E-state index contributed by atoms with van der Waals surface area (Å²) in [6, 6.07) is 1.55. The van der Waals surface area contributed by atoms with Gasteiger partial charge in [-0.3, -0.25) is 0 Å². The molecule has 0 fully saturated rings. The predicted octanol–water partition coefficient (Wildman–Crippen LogP) is 3.82. The van der Waals surface area contributed by atoms with Crippen molar-refractivity contribution in [2.45, 2.75) is 23.3 Å². The molecule has 0 aromatic carbocycles. The Morgan fingerprint density at radius 1 is 0.958 bits per heavy atom. The van der Waals surface area contributed by atoms with E-state index in [1.54, 1.807) is 0 Å². The van der Waals surface area contributed by atoms with Gasteiger partial charge in [-0.15, -0.1) is 0 Å². The number of hydrogen-bond acceptors (Lipinski definition) is 4. The fraction of sp³-hybridized carbons (Fsp3) is 0.444. The molecule has 1 aromatic heterocycles. The Hall–Kier alpha value is -1.00. The lowest BCUT2D eigenvalue weighted by molar-refractivity contribution is -0.382. The zero-order valence-corrected chi connectivity index (χ0v) is 13.6. The first kappa shape index (κ1) is 21.0. The van der Waals surface area contributed by atoms with Crippen LogP contribution in [0.1, 0.15) is 0 Å². The molecule has 0 aliphatic heterocycles. The maximum Gasteiger partial charge on any atom is 0.460 e. The van der Waals surface area contributed by atoms with Crippen molar-refractivity contribution >= 4 is 32.7 Å². The summed E-state index contributed by atoms with van der Waals surface area (Å²) < 4.78 is 140. The van der Waals surface area contributed by atoms with Crippen LogP contribution in [0.2, 0.25) is 0 Å². The van der Waals surface area contributed by atoms with Crippen molar-refractivity contribution in [2.24, 2.45) is 0 Å². The number of hydrogen-bond donors (Lipinski definition) is 0. The molecule has 4 nitrogen and oxygen atoms in total. The quantitative estimate of drug-likeness (QED) is 0.266. The molecule has 24 heavy (non-hydrogen) atoms. The molecule has 0 spiro atoms. The van der Waals surface area contributed by atoms with Gasteiger partial charge in [-0.2, -0.15) is 47.9 Å². The van der Waals surface area contributed by atoms with Crippen LogP contribution < -0.4 is 4.18 Å². The van der Waals surface area contributed by atoms with Crippen molar-refractivity contribution in [3.63, 3.8) is 0 Å². The summed E-state index contributed by atoms with van der Waals surface area (Å²) in [5.41, 5.74) is 0. The summed E-state index contributed by atoms with van der Waals surface area (Å²) >= 11 is 1.22. The predicted molar refractivity (Wildman–Crippen MR) is 67.4 cm³/mol. The highest BCUT2D eigenvalue weighted by atomic mass is 127. The van der Waals surface area contributed by atoms with Crippen LogP contribution in [0.25, 0.3) is 0 Å². The third-order valence-corrected chi connectivity index (χ3v) is 4.45. The molecule has 0 atom stereocenters. The fourth-order valence-electron chi connectivity index (χ4n) is 1.12. The van der Waals surface area contributed by atoms with Gasteiger partial charge >= 0.3 is 33.4 Å². The van der Waals surface area contributed by atoms with Gasteiger partial charge < -0.3 is 4.18 Å². The summed E-state index contributed by atoms with van der Waals surface area (Å²) in [6.45, 7) is 0. The van der Waals surface area contributed by atoms with E-state index in [9.17, 15) is 47.9 Å². The summed E-state index contributed by atoms with van der Waals surface area (Å²) in [7, 11) is -6.94. The lowest BCUT2D eigenvalue weighted by Gasteiger charge is -2.32. The molecule has 15 heteroatoms. The van der Waals surface area contributed by atoms with Crippen molar-refractivity contribution < 1.29 is 52.1 Å². The Morgan fingerprint density at radius 3 is 1.88 bits per heavy atom. The number of rotatable bonds is 5. The summed E-state index contributed by atoms with van der Waals surface area (Å²) in [5, 5.41) is -6.90. The number of alkyl halides is 9. The highest BCUT2D eigenvalue weighted by Gasteiger charge is 2.86. The lowest BCUT2D eigenvalue weighted by Crippen LogP contribution is -2.63. The smallest absolute Gasteiger partial charge is 0.375 e. The minimum absolute atomic E-state index is 0.458. The molecular weight excluding hydrogens is 500 g/mol. The SMILES string of the molecule is O=S(=O)(Oc1cccnc1I)C(F)(F)C(F)(F)C(F)(F)C(F)(F)F. The van der Waals surface area contributed by atoms with Gasteiger partial charge in [0.25, 0.3) is 0 Å². The molecule has 0 aliphatic carbocycles. The zero-order valence-electron chi connectivity index (χ0n) is 10.6. The Kier molecular flexibility index (Phi) is 5.32. The topological polar surface area (TPSA) is 56.3 Å². The average molecular weight is 503 g/mol.